The quantitative estimate of drug-likeness (QED) is 0.652. The van der Waals surface area contributed by atoms with Crippen LogP contribution in [-0.4, -0.2) is 5.78 Å². The lowest BCUT2D eigenvalue weighted by molar-refractivity contribution is -0.121. The summed E-state index contributed by atoms with van der Waals surface area (Å²) in [5.41, 5.74) is 0. The molecule has 2 rings (SSSR count). The summed E-state index contributed by atoms with van der Waals surface area (Å²) >= 11 is 0. The first kappa shape index (κ1) is 9.23. The van der Waals surface area contributed by atoms with E-state index in [0.29, 0.717) is 17.6 Å². The minimum absolute atomic E-state index is 0.460. The van der Waals surface area contributed by atoms with Gasteiger partial charge in [0.15, 0.2) is 0 Å². The third-order valence-corrected chi connectivity index (χ3v) is 3.74. The molecule has 1 heteroatoms. The molecule has 2 atom stereocenters. The Morgan fingerprint density at radius 2 is 1.85 bits per heavy atom. The maximum Gasteiger partial charge on any atom is 0.136 e. The Hall–Kier alpha value is -0.330. The van der Waals surface area contributed by atoms with Gasteiger partial charge >= 0.3 is 0 Å². The molecule has 0 bridgehead atoms. The van der Waals surface area contributed by atoms with Gasteiger partial charge in [-0.25, -0.2) is 0 Å². The van der Waals surface area contributed by atoms with Crippen molar-refractivity contribution in [3.8, 4) is 0 Å². The Bertz CT molecular complexity index is 191. The van der Waals surface area contributed by atoms with Gasteiger partial charge in [0, 0.05) is 12.3 Å². The summed E-state index contributed by atoms with van der Waals surface area (Å²) in [6, 6.07) is 0. The number of hydrogen-bond donors (Lipinski definition) is 0. The molecule has 0 aliphatic heterocycles. The van der Waals surface area contributed by atoms with Crippen LogP contribution in [0.2, 0.25) is 0 Å². The highest BCUT2D eigenvalue weighted by atomic mass is 16.1. The van der Waals surface area contributed by atoms with Gasteiger partial charge in [-0.05, 0) is 18.3 Å². The molecule has 1 nitrogen and oxygen atoms in total. The van der Waals surface area contributed by atoms with Crippen LogP contribution in [0.3, 0.4) is 0 Å². The summed E-state index contributed by atoms with van der Waals surface area (Å²) in [6.45, 7) is 2.20. The summed E-state index contributed by atoms with van der Waals surface area (Å²) in [6.07, 6.45) is 8.81. The zero-order chi connectivity index (χ0) is 9.26. The van der Waals surface area contributed by atoms with Crippen molar-refractivity contribution in [3.05, 3.63) is 0 Å². The molecule has 0 heterocycles. The Labute approximate surface area is 80.9 Å². The van der Waals surface area contributed by atoms with E-state index in [-0.39, 0.29) is 0 Å². The van der Waals surface area contributed by atoms with Gasteiger partial charge in [0.05, 0.1) is 0 Å². The molecule has 2 aliphatic rings. The monoisotopic (exact) mass is 180 g/mol. The number of carbonyl (C=O) groups is 1. The SMILES string of the molecule is CC1CC1C(=O)CC1CCCCC1. The Balaban J connectivity index is 1.73. The van der Waals surface area contributed by atoms with Crippen molar-refractivity contribution in [1.82, 2.24) is 0 Å². The molecule has 2 fully saturated rings. The fourth-order valence-corrected chi connectivity index (χ4v) is 2.60. The van der Waals surface area contributed by atoms with E-state index in [0.717, 1.165) is 12.3 Å². The van der Waals surface area contributed by atoms with Crippen LogP contribution in [0.1, 0.15) is 51.9 Å². The van der Waals surface area contributed by atoms with Crippen LogP contribution < -0.4 is 0 Å². The van der Waals surface area contributed by atoms with E-state index in [9.17, 15) is 4.79 Å². The van der Waals surface area contributed by atoms with E-state index >= 15 is 0 Å². The number of ketones is 1. The van der Waals surface area contributed by atoms with Gasteiger partial charge in [-0.2, -0.15) is 0 Å². The average molecular weight is 180 g/mol. The largest absolute Gasteiger partial charge is 0.299 e. The van der Waals surface area contributed by atoms with E-state index in [4.69, 9.17) is 0 Å². The van der Waals surface area contributed by atoms with E-state index in [1.54, 1.807) is 0 Å². The van der Waals surface area contributed by atoms with Crippen LogP contribution in [-0.2, 0) is 4.79 Å². The second-order valence-corrected chi connectivity index (χ2v) is 4.99. The second kappa shape index (κ2) is 3.81. The lowest BCUT2D eigenvalue weighted by Gasteiger charge is -2.20. The second-order valence-electron chi connectivity index (χ2n) is 4.99. The van der Waals surface area contributed by atoms with Crippen molar-refractivity contribution in [2.45, 2.75) is 51.9 Å². The zero-order valence-electron chi connectivity index (χ0n) is 8.59. The molecule has 2 unspecified atom stereocenters. The summed E-state index contributed by atoms with van der Waals surface area (Å²) in [7, 11) is 0. The standard InChI is InChI=1S/C12H20O/c1-9-7-11(9)12(13)8-10-5-3-2-4-6-10/h9-11H,2-8H2,1H3. The third-order valence-electron chi connectivity index (χ3n) is 3.74. The first-order valence-electron chi connectivity index (χ1n) is 5.80. The molecule has 74 valence electrons. The molecular weight excluding hydrogens is 160 g/mol. The molecule has 13 heavy (non-hydrogen) atoms. The van der Waals surface area contributed by atoms with Crippen LogP contribution in [0.4, 0.5) is 0 Å². The highest BCUT2D eigenvalue weighted by Crippen LogP contribution is 2.40. The maximum atomic E-state index is 11.7. The van der Waals surface area contributed by atoms with Gasteiger partial charge < -0.3 is 0 Å². The Kier molecular flexibility index (Phi) is 2.71. The van der Waals surface area contributed by atoms with Gasteiger partial charge in [0.1, 0.15) is 5.78 Å². The molecule has 0 aromatic heterocycles. The molecule has 0 aromatic rings. The predicted octanol–water partition coefficient (Wildman–Crippen LogP) is 3.18. The number of rotatable bonds is 3. The van der Waals surface area contributed by atoms with Crippen LogP contribution in [0.15, 0.2) is 0 Å². The van der Waals surface area contributed by atoms with Crippen molar-refractivity contribution in [2.75, 3.05) is 0 Å². The van der Waals surface area contributed by atoms with Gasteiger partial charge in [0.25, 0.3) is 0 Å². The minimum atomic E-state index is 0.460. The zero-order valence-corrected chi connectivity index (χ0v) is 8.59. The molecule has 0 amide bonds. The lowest BCUT2D eigenvalue weighted by atomic mass is 9.85. The Morgan fingerprint density at radius 3 is 2.38 bits per heavy atom. The molecule has 0 aromatic carbocycles. The van der Waals surface area contributed by atoms with Crippen molar-refractivity contribution >= 4 is 5.78 Å². The van der Waals surface area contributed by atoms with E-state index in [2.05, 4.69) is 6.92 Å². The van der Waals surface area contributed by atoms with Crippen molar-refractivity contribution in [2.24, 2.45) is 17.8 Å². The molecule has 0 N–H and O–H groups in total. The minimum Gasteiger partial charge on any atom is -0.299 e. The maximum absolute atomic E-state index is 11.7. The number of Topliss-reactive ketones (excluding diaryl/α,β-unsaturated/α-hetero) is 1. The van der Waals surface area contributed by atoms with Crippen LogP contribution in [0.5, 0.6) is 0 Å². The van der Waals surface area contributed by atoms with Gasteiger partial charge in [-0.1, -0.05) is 39.0 Å². The number of hydrogen-bond acceptors (Lipinski definition) is 1. The van der Waals surface area contributed by atoms with Gasteiger partial charge in [0.2, 0.25) is 0 Å². The van der Waals surface area contributed by atoms with Gasteiger partial charge in [-0.3, -0.25) is 4.79 Å². The lowest BCUT2D eigenvalue weighted by Crippen LogP contribution is -2.13. The van der Waals surface area contributed by atoms with Crippen LogP contribution in [0.25, 0.3) is 0 Å². The highest BCUT2D eigenvalue weighted by Gasteiger charge is 2.39. The van der Waals surface area contributed by atoms with E-state index in [1.165, 1.54) is 38.5 Å². The normalized spacial score (nSPS) is 34.5. The molecule has 0 saturated heterocycles. The van der Waals surface area contributed by atoms with Gasteiger partial charge in [-0.15, -0.1) is 0 Å². The Morgan fingerprint density at radius 1 is 1.23 bits per heavy atom. The fourth-order valence-electron chi connectivity index (χ4n) is 2.60. The molecular formula is C12H20O. The topological polar surface area (TPSA) is 17.1 Å². The molecule has 2 saturated carbocycles. The summed E-state index contributed by atoms with van der Waals surface area (Å²) in [5, 5.41) is 0. The highest BCUT2D eigenvalue weighted by molar-refractivity contribution is 5.83. The fraction of sp³-hybridized carbons (Fsp3) is 0.917. The smallest absolute Gasteiger partial charge is 0.136 e. The van der Waals surface area contributed by atoms with Crippen molar-refractivity contribution < 1.29 is 4.79 Å². The molecule has 0 spiro atoms. The van der Waals surface area contributed by atoms with E-state index < -0.39 is 0 Å². The first-order chi connectivity index (χ1) is 6.27. The van der Waals surface area contributed by atoms with Crippen LogP contribution >= 0.6 is 0 Å². The first-order valence-corrected chi connectivity index (χ1v) is 5.80. The number of carbonyl (C=O) groups excluding carboxylic acids is 1. The van der Waals surface area contributed by atoms with E-state index in [1.807, 2.05) is 0 Å². The third kappa shape index (κ3) is 2.32. The molecule has 0 radical (unpaired) electrons. The van der Waals surface area contributed by atoms with Crippen molar-refractivity contribution in [1.29, 1.82) is 0 Å². The average Bonchev–Trinajstić information content (AvgIpc) is 2.84. The summed E-state index contributed by atoms with van der Waals surface area (Å²) in [5.74, 6) is 2.48. The molecule has 2 aliphatic carbocycles. The predicted molar refractivity (Wildman–Crippen MR) is 53.5 cm³/mol. The summed E-state index contributed by atoms with van der Waals surface area (Å²) < 4.78 is 0. The van der Waals surface area contributed by atoms with Crippen LogP contribution in [0, 0.1) is 17.8 Å². The summed E-state index contributed by atoms with van der Waals surface area (Å²) in [4.78, 5) is 11.7. The van der Waals surface area contributed by atoms with Crippen molar-refractivity contribution in [3.63, 3.8) is 0 Å².